The molecule has 3 heterocycles. The van der Waals surface area contributed by atoms with E-state index in [2.05, 4.69) is 25.4 Å². The van der Waals surface area contributed by atoms with Crippen molar-refractivity contribution >= 4 is 17.5 Å². The smallest absolute Gasteiger partial charge is 0.249 e. The van der Waals surface area contributed by atoms with Crippen LogP contribution in [0.5, 0.6) is 11.5 Å². The second-order valence-electron chi connectivity index (χ2n) is 5.73. The zero-order valence-corrected chi connectivity index (χ0v) is 12.9. The van der Waals surface area contributed by atoms with Gasteiger partial charge in [-0.15, -0.1) is 5.10 Å². The molecule has 23 heavy (non-hydrogen) atoms. The Labute approximate surface area is 134 Å². The van der Waals surface area contributed by atoms with Crippen LogP contribution < -0.4 is 19.7 Å². The lowest BCUT2D eigenvalue weighted by Crippen LogP contribution is -2.25. The lowest BCUT2D eigenvalue weighted by atomic mass is 10.2. The summed E-state index contributed by atoms with van der Waals surface area (Å²) in [6.45, 7) is 2.33. The van der Waals surface area contributed by atoms with Crippen LogP contribution >= 0.6 is 0 Å². The summed E-state index contributed by atoms with van der Waals surface area (Å²) in [4.78, 5) is 6.88. The fourth-order valence-corrected chi connectivity index (χ4v) is 2.90. The summed E-state index contributed by atoms with van der Waals surface area (Å²) in [5.41, 5.74) is 0.851. The summed E-state index contributed by atoms with van der Waals surface area (Å²) < 4.78 is 10.7. The number of hydrogen-bond acceptors (Lipinski definition) is 7. The molecule has 2 aliphatic heterocycles. The molecule has 4 rings (SSSR count). The van der Waals surface area contributed by atoms with Gasteiger partial charge in [-0.3, -0.25) is 0 Å². The molecular formula is C16H19N5O2. The molecule has 0 atom stereocenters. The van der Waals surface area contributed by atoms with Crippen molar-refractivity contribution in [1.29, 1.82) is 0 Å². The molecule has 0 bridgehead atoms. The average Bonchev–Trinajstić information content (AvgIpc) is 2.87. The number of rotatable bonds is 3. The molecule has 0 unspecified atom stereocenters. The Morgan fingerprint density at radius 1 is 1.00 bits per heavy atom. The number of fused-ring (bicyclic) bond motifs is 1. The van der Waals surface area contributed by atoms with E-state index >= 15 is 0 Å². The molecule has 0 spiro atoms. The summed E-state index contributed by atoms with van der Waals surface area (Å²) in [6.07, 6.45) is 6.72. The van der Waals surface area contributed by atoms with Gasteiger partial charge in [0.2, 0.25) is 12.7 Å². The van der Waals surface area contributed by atoms with E-state index in [1.165, 1.54) is 25.7 Å². The molecule has 1 saturated heterocycles. The van der Waals surface area contributed by atoms with E-state index in [4.69, 9.17) is 9.47 Å². The molecule has 1 fully saturated rings. The minimum atomic E-state index is 0.265. The number of benzene rings is 1. The Hall–Kier alpha value is -2.57. The summed E-state index contributed by atoms with van der Waals surface area (Å²) in [5, 5.41) is 11.3. The minimum absolute atomic E-state index is 0.265. The van der Waals surface area contributed by atoms with Crippen LogP contribution in [-0.2, 0) is 0 Å². The first kappa shape index (κ1) is 14.0. The number of aromatic nitrogens is 3. The van der Waals surface area contributed by atoms with Crippen LogP contribution in [0.4, 0.5) is 17.5 Å². The number of nitrogens with zero attached hydrogens (tertiary/aromatic N) is 4. The Balaban J connectivity index is 1.52. The van der Waals surface area contributed by atoms with E-state index in [1.54, 1.807) is 6.20 Å². The quantitative estimate of drug-likeness (QED) is 0.934. The first-order valence-corrected chi connectivity index (χ1v) is 8.00. The molecule has 7 nitrogen and oxygen atoms in total. The molecule has 1 N–H and O–H groups in total. The molecule has 120 valence electrons. The number of nitrogens with one attached hydrogen (secondary N) is 1. The molecule has 0 amide bonds. The van der Waals surface area contributed by atoms with Gasteiger partial charge in [0.25, 0.3) is 0 Å². The number of ether oxygens (including phenoxy) is 2. The van der Waals surface area contributed by atoms with Crippen LogP contribution in [0.15, 0.2) is 24.4 Å². The Bertz CT molecular complexity index is 686. The van der Waals surface area contributed by atoms with Crippen molar-refractivity contribution in [3.05, 3.63) is 24.4 Å². The zero-order chi connectivity index (χ0) is 15.5. The van der Waals surface area contributed by atoms with Crippen molar-refractivity contribution in [2.24, 2.45) is 0 Å². The van der Waals surface area contributed by atoms with E-state index in [-0.39, 0.29) is 6.79 Å². The van der Waals surface area contributed by atoms with Crippen LogP contribution in [0.25, 0.3) is 0 Å². The Morgan fingerprint density at radius 3 is 2.70 bits per heavy atom. The molecule has 0 radical (unpaired) electrons. The highest BCUT2D eigenvalue weighted by Gasteiger charge is 2.15. The van der Waals surface area contributed by atoms with Gasteiger partial charge in [0.05, 0.1) is 6.20 Å². The van der Waals surface area contributed by atoms with Crippen LogP contribution in [0, 0.1) is 0 Å². The van der Waals surface area contributed by atoms with Crippen LogP contribution in [0.1, 0.15) is 25.7 Å². The van der Waals surface area contributed by atoms with Crippen molar-refractivity contribution in [3.8, 4) is 11.5 Å². The monoisotopic (exact) mass is 313 g/mol. The summed E-state index contributed by atoms with van der Waals surface area (Å²) in [6, 6.07) is 5.66. The van der Waals surface area contributed by atoms with Gasteiger partial charge in [0.15, 0.2) is 17.3 Å². The van der Waals surface area contributed by atoms with Crippen molar-refractivity contribution in [3.63, 3.8) is 0 Å². The zero-order valence-electron chi connectivity index (χ0n) is 12.9. The molecule has 1 aromatic heterocycles. The second kappa shape index (κ2) is 6.28. The fraction of sp³-hybridized carbons (Fsp3) is 0.438. The van der Waals surface area contributed by atoms with Gasteiger partial charge in [0, 0.05) is 24.8 Å². The van der Waals surface area contributed by atoms with Gasteiger partial charge in [-0.1, -0.05) is 12.8 Å². The summed E-state index contributed by atoms with van der Waals surface area (Å²) >= 11 is 0. The highest BCUT2D eigenvalue weighted by atomic mass is 16.7. The third-order valence-corrected chi connectivity index (χ3v) is 4.10. The van der Waals surface area contributed by atoms with E-state index < -0.39 is 0 Å². The highest BCUT2D eigenvalue weighted by Crippen LogP contribution is 2.34. The molecule has 7 heteroatoms. The topological polar surface area (TPSA) is 72.4 Å². The van der Waals surface area contributed by atoms with Gasteiger partial charge in [0.1, 0.15) is 0 Å². The second-order valence-corrected chi connectivity index (χ2v) is 5.73. The minimum Gasteiger partial charge on any atom is -0.454 e. The fourth-order valence-electron chi connectivity index (χ4n) is 2.90. The third-order valence-electron chi connectivity index (χ3n) is 4.10. The maximum Gasteiger partial charge on any atom is 0.249 e. The van der Waals surface area contributed by atoms with E-state index in [0.29, 0.717) is 5.95 Å². The number of hydrogen-bond donors (Lipinski definition) is 1. The Kier molecular flexibility index (Phi) is 3.83. The van der Waals surface area contributed by atoms with Gasteiger partial charge in [-0.2, -0.15) is 10.1 Å². The van der Waals surface area contributed by atoms with Gasteiger partial charge in [-0.05, 0) is 25.0 Å². The molecule has 2 aliphatic rings. The molecule has 0 saturated carbocycles. The van der Waals surface area contributed by atoms with Crippen molar-refractivity contribution in [1.82, 2.24) is 15.2 Å². The van der Waals surface area contributed by atoms with Crippen molar-refractivity contribution in [2.75, 3.05) is 30.1 Å². The van der Waals surface area contributed by atoms with Crippen LogP contribution in [-0.4, -0.2) is 35.1 Å². The van der Waals surface area contributed by atoms with E-state index in [9.17, 15) is 0 Å². The van der Waals surface area contributed by atoms with E-state index in [1.807, 2.05) is 18.2 Å². The first-order valence-electron chi connectivity index (χ1n) is 8.00. The normalized spacial score (nSPS) is 17.0. The molecule has 2 aromatic rings. The first-order chi connectivity index (χ1) is 11.4. The maximum absolute atomic E-state index is 5.38. The van der Waals surface area contributed by atoms with Crippen LogP contribution in [0.3, 0.4) is 0 Å². The predicted molar refractivity (Wildman–Crippen MR) is 86.4 cm³/mol. The van der Waals surface area contributed by atoms with Gasteiger partial charge < -0.3 is 19.7 Å². The summed E-state index contributed by atoms with van der Waals surface area (Å²) in [5.74, 6) is 2.86. The molecule has 1 aromatic carbocycles. The van der Waals surface area contributed by atoms with Crippen LogP contribution in [0.2, 0.25) is 0 Å². The van der Waals surface area contributed by atoms with E-state index in [0.717, 1.165) is 36.1 Å². The Morgan fingerprint density at radius 2 is 1.83 bits per heavy atom. The lowest BCUT2D eigenvalue weighted by molar-refractivity contribution is 0.174. The molecule has 0 aliphatic carbocycles. The standard InChI is InChI=1S/C16H19N5O2/c1-2-4-8-21(7-3-1)15-10-17-20-16(19-15)18-12-5-6-13-14(9-12)23-11-22-13/h5-6,9-10H,1-4,7-8,11H2,(H,18,19,20). The summed E-state index contributed by atoms with van der Waals surface area (Å²) in [7, 11) is 0. The van der Waals surface area contributed by atoms with Crippen molar-refractivity contribution < 1.29 is 9.47 Å². The highest BCUT2D eigenvalue weighted by molar-refractivity contribution is 5.60. The lowest BCUT2D eigenvalue weighted by Gasteiger charge is -2.20. The number of anilines is 3. The SMILES string of the molecule is c1cc2c(cc1Nc1nncc(N3CCCCCC3)n1)OCO2. The molecular weight excluding hydrogens is 294 g/mol. The third kappa shape index (κ3) is 3.13. The predicted octanol–water partition coefficient (Wildman–Crippen LogP) is 2.72. The van der Waals surface area contributed by atoms with Crippen molar-refractivity contribution in [2.45, 2.75) is 25.7 Å². The maximum atomic E-state index is 5.38. The average molecular weight is 313 g/mol. The van der Waals surface area contributed by atoms with Gasteiger partial charge in [-0.25, -0.2) is 0 Å². The van der Waals surface area contributed by atoms with Gasteiger partial charge >= 0.3 is 0 Å². The largest absolute Gasteiger partial charge is 0.454 e.